The van der Waals surface area contributed by atoms with Crippen LogP contribution in [-0.2, 0) is 4.79 Å². The Labute approximate surface area is 147 Å². The van der Waals surface area contributed by atoms with E-state index in [9.17, 15) is 20.2 Å². The number of rotatable bonds is 6. The summed E-state index contributed by atoms with van der Waals surface area (Å²) in [5.41, 5.74) is -0.231. The first-order valence-electron chi connectivity index (χ1n) is 7.15. The van der Waals surface area contributed by atoms with Gasteiger partial charge in [0, 0.05) is 12.1 Å². The van der Waals surface area contributed by atoms with Crippen LogP contribution < -0.4 is 5.32 Å². The molecule has 24 heavy (non-hydrogen) atoms. The molecule has 0 spiro atoms. The van der Waals surface area contributed by atoms with E-state index < -0.39 is 10.5 Å². The molecule has 2 aromatic rings. The summed E-state index contributed by atoms with van der Waals surface area (Å²) in [6.45, 7) is 5.44. The minimum Gasteiger partial charge on any atom is -0.337 e. The van der Waals surface area contributed by atoms with Gasteiger partial charge in [-0.25, -0.2) is 4.98 Å². The molecule has 1 N–H and O–H groups in total. The van der Waals surface area contributed by atoms with E-state index >= 15 is 0 Å². The Kier molecular flexibility index (Phi) is 5.41. The summed E-state index contributed by atoms with van der Waals surface area (Å²) in [5, 5.41) is 22.7. The number of nitrogens with one attached hydrogen (secondary N) is 1. The molecule has 0 aliphatic heterocycles. The third-order valence-corrected chi connectivity index (χ3v) is 5.84. The highest BCUT2D eigenvalue weighted by atomic mass is 32.2. The number of hydrogen-bond donors (Lipinski definition) is 1. The van der Waals surface area contributed by atoms with Gasteiger partial charge in [0.1, 0.15) is 5.54 Å². The number of nitriles is 1. The van der Waals surface area contributed by atoms with Gasteiger partial charge in [0.2, 0.25) is 5.91 Å². The lowest BCUT2D eigenvalue weighted by atomic mass is 9.90. The number of nitrogens with zero attached hydrogens (tertiary/aromatic N) is 3. The molecule has 7 nitrogen and oxygen atoms in total. The van der Waals surface area contributed by atoms with Crippen molar-refractivity contribution < 1.29 is 9.72 Å². The maximum atomic E-state index is 12.1. The van der Waals surface area contributed by atoms with Crippen LogP contribution in [0.5, 0.6) is 0 Å². The van der Waals surface area contributed by atoms with Gasteiger partial charge >= 0.3 is 0 Å². The van der Waals surface area contributed by atoms with E-state index in [1.165, 1.54) is 35.2 Å². The molecular formula is C15H16N4O3S2. The van der Waals surface area contributed by atoms with Crippen LogP contribution in [0.4, 0.5) is 5.69 Å². The molecule has 2 rings (SSSR count). The van der Waals surface area contributed by atoms with Crippen molar-refractivity contribution in [2.24, 2.45) is 5.92 Å². The molecule has 0 radical (unpaired) electrons. The second-order valence-corrected chi connectivity index (χ2v) is 7.95. The molecule has 1 atom stereocenters. The van der Waals surface area contributed by atoms with Crippen LogP contribution in [0.3, 0.4) is 0 Å². The minimum atomic E-state index is -0.911. The SMILES string of the molecule is CC(C)[C@@](C)(C#N)NC(=O)CSc1nc2ccc([N+](=O)[O-])cc2s1. The first kappa shape index (κ1) is 18.2. The molecular weight excluding hydrogens is 348 g/mol. The Bertz CT molecular complexity index is 828. The highest BCUT2D eigenvalue weighted by Crippen LogP contribution is 2.31. The van der Waals surface area contributed by atoms with Crippen molar-refractivity contribution in [1.29, 1.82) is 5.26 Å². The second kappa shape index (κ2) is 7.15. The number of nitro groups is 1. The number of carbonyl (C=O) groups is 1. The van der Waals surface area contributed by atoms with Gasteiger partial charge in [-0.1, -0.05) is 25.6 Å². The Morgan fingerprint density at radius 1 is 1.58 bits per heavy atom. The maximum absolute atomic E-state index is 12.1. The van der Waals surface area contributed by atoms with Gasteiger partial charge < -0.3 is 5.32 Å². The molecule has 126 valence electrons. The summed E-state index contributed by atoms with van der Waals surface area (Å²) < 4.78 is 1.36. The fourth-order valence-electron chi connectivity index (χ4n) is 1.82. The maximum Gasteiger partial charge on any atom is 0.270 e. The van der Waals surface area contributed by atoms with Gasteiger partial charge in [-0.3, -0.25) is 14.9 Å². The third kappa shape index (κ3) is 4.01. The van der Waals surface area contributed by atoms with Crippen LogP contribution in [0, 0.1) is 27.4 Å². The van der Waals surface area contributed by atoms with Crippen LogP contribution in [0.25, 0.3) is 10.2 Å². The highest BCUT2D eigenvalue weighted by molar-refractivity contribution is 8.01. The van der Waals surface area contributed by atoms with Crippen LogP contribution in [0.15, 0.2) is 22.5 Å². The predicted molar refractivity (Wildman–Crippen MR) is 94.0 cm³/mol. The van der Waals surface area contributed by atoms with Crippen molar-refractivity contribution in [1.82, 2.24) is 10.3 Å². The van der Waals surface area contributed by atoms with Crippen LogP contribution in [0.1, 0.15) is 20.8 Å². The number of amides is 1. The zero-order chi connectivity index (χ0) is 17.9. The predicted octanol–water partition coefficient (Wildman–Crippen LogP) is 3.35. The van der Waals surface area contributed by atoms with Gasteiger partial charge in [-0.15, -0.1) is 11.3 Å². The van der Waals surface area contributed by atoms with Crippen molar-refractivity contribution in [3.05, 3.63) is 28.3 Å². The lowest BCUT2D eigenvalue weighted by Crippen LogP contribution is -2.49. The lowest BCUT2D eigenvalue weighted by Gasteiger charge is -2.27. The summed E-state index contributed by atoms with van der Waals surface area (Å²) in [5.74, 6) is -0.131. The van der Waals surface area contributed by atoms with E-state index in [1.807, 2.05) is 13.8 Å². The fraction of sp³-hybridized carbons (Fsp3) is 0.400. The van der Waals surface area contributed by atoms with Gasteiger partial charge in [0.05, 0.1) is 27.0 Å². The molecule has 0 fully saturated rings. The fourth-order valence-corrected chi connectivity index (χ4v) is 3.72. The Hall–Kier alpha value is -2.18. The molecule has 0 aliphatic rings. The molecule has 1 aromatic heterocycles. The van der Waals surface area contributed by atoms with Crippen molar-refractivity contribution in [3.63, 3.8) is 0 Å². The van der Waals surface area contributed by atoms with Crippen LogP contribution in [0.2, 0.25) is 0 Å². The number of fused-ring (bicyclic) bond motifs is 1. The number of hydrogen-bond acceptors (Lipinski definition) is 7. The van der Waals surface area contributed by atoms with Gasteiger partial charge in [0.25, 0.3) is 5.69 Å². The second-order valence-electron chi connectivity index (χ2n) is 5.69. The lowest BCUT2D eigenvalue weighted by molar-refractivity contribution is -0.384. The summed E-state index contributed by atoms with van der Waals surface area (Å²) in [6.07, 6.45) is 0. The van der Waals surface area contributed by atoms with E-state index in [-0.39, 0.29) is 23.3 Å². The molecule has 0 saturated heterocycles. The number of thiazole rings is 1. The topological polar surface area (TPSA) is 109 Å². The molecule has 0 bridgehead atoms. The molecule has 1 aromatic carbocycles. The summed E-state index contributed by atoms with van der Waals surface area (Å²) >= 11 is 2.55. The van der Waals surface area contributed by atoms with E-state index in [2.05, 4.69) is 16.4 Å². The Morgan fingerprint density at radius 2 is 2.29 bits per heavy atom. The molecule has 1 heterocycles. The minimum absolute atomic E-state index is 0.0144. The van der Waals surface area contributed by atoms with E-state index in [1.54, 1.807) is 13.0 Å². The van der Waals surface area contributed by atoms with Gasteiger partial charge in [0.15, 0.2) is 4.34 Å². The van der Waals surface area contributed by atoms with Crippen molar-refractivity contribution in [2.75, 3.05) is 5.75 Å². The summed E-state index contributed by atoms with van der Waals surface area (Å²) in [6, 6.07) is 6.61. The smallest absolute Gasteiger partial charge is 0.270 e. The first-order valence-corrected chi connectivity index (χ1v) is 8.95. The van der Waals surface area contributed by atoms with Crippen molar-refractivity contribution in [2.45, 2.75) is 30.6 Å². The number of aromatic nitrogens is 1. The Balaban J connectivity index is 2.04. The molecule has 0 saturated carbocycles. The van der Waals surface area contributed by atoms with Crippen LogP contribution >= 0.6 is 23.1 Å². The van der Waals surface area contributed by atoms with Crippen LogP contribution in [-0.4, -0.2) is 27.1 Å². The summed E-state index contributed by atoms with van der Waals surface area (Å²) in [7, 11) is 0. The van der Waals surface area contributed by atoms with Crippen molar-refractivity contribution >= 4 is 44.9 Å². The van der Waals surface area contributed by atoms with E-state index in [0.29, 0.717) is 14.6 Å². The molecule has 9 heteroatoms. The molecule has 0 unspecified atom stereocenters. The molecule has 1 amide bonds. The highest BCUT2D eigenvalue weighted by Gasteiger charge is 2.29. The number of non-ortho nitro benzene ring substituents is 1. The van der Waals surface area contributed by atoms with Gasteiger partial charge in [-0.2, -0.15) is 5.26 Å². The average Bonchev–Trinajstić information content (AvgIpc) is 2.94. The number of benzene rings is 1. The largest absolute Gasteiger partial charge is 0.337 e. The zero-order valence-electron chi connectivity index (χ0n) is 13.4. The van der Waals surface area contributed by atoms with E-state index in [4.69, 9.17) is 0 Å². The Morgan fingerprint density at radius 3 is 2.88 bits per heavy atom. The average molecular weight is 364 g/mol. The monoisotopic (exact) mass is 364 g/mol. The number of carbonyl (C=O) groups excluding carboxylic acids is 1. The summed E-state index contributed by atoms with van der Waals surface area (Å²) in [4.78, 5) is 26.7. The quantitative estimate of drug-likeness (QED) is 0.478. The number of nitro benzene ring substituents is 1. The number of thioether (sulfide) groups is 1. The molecule has 0 aliphatic carbocycles. The third-order valence-electron chi connectivity index (χ3n) is 3.68. The first-order chi connectivity index (χ1) is 11.2. The normalized spacial score (nSPS) is 13.5. The van der Waals surface area contributed by atoms with Gasteiger partial charge in [-0.05, 0) is 18.9 Å². The zero-order valence-corrected chi connectivity index (χ0v) is 15.0. The standard InChI is InChI=1S/C15H16N4O3S2/c1-9(2)15(3,8-16)18-13(20)7-23-14-17-11-5-4-10(19(21)22)6-12(11)24-14/h4-6,9H,7H2,1-3H3,(H,18,20)/t15-/m1/s1. The van der Waals surface area contributed by atoms with Crippen molar-refractivity contribution in [3.8, 4) is 6.07 Å². The van der Waals surface area contributed by atoms with E-state index in [0.717, 1.165) is 0 Å².